The van der Waals surface area contributed by atoms with Crippen LogP contribution < -0.4 is 11.0 Å². The third-order valence-corrected chi connectivity index (χ3v) is 3.43. The van der Waals surface area contributed by atoms with Crippen molar-refractivity contribution in [2.24, 2.45) is 0 Å². The largest absolute Gasteiger partial charge is 0.480 e. The second-order valence-corrected chi connectivity index (χ2v) is 5.34. The lowest BCUT2D eigenvalue weighted by Crippen LogP contribution is -2.52. The Bertz CT molecular complexity index is 582. The highest BCUT2D eigenvalue weighted by Gasteiger charge is 2.33. The van der Waals surface area contributed by atoms with Crippen molar-refractivity contribution in [3.63, 3.8) is 0 Å². The molecule has 1 aromatic rings. The number of aliphatic carboxylic acids is 1. The van der Waals surface area contributed by atoms with Crippen molar-refractivity contribution < 1.29 is 14.7 Å². The minimum Gasteiger partial charge on any atom is -0.480 e. The molecule has 1 rings (SSSR count). The lowest BCUT2D eigenvalue weighted by Gasteiger charge is -2.26. The van der Waals surface area contributed by atoms with Crippen molar-refractivity contribution in [2.75, 3.05) is 0 Å². The zero-order valence-corrected chi connectivity index (χ0v) is 12.7. The molecule has 1 atom stereocenters. The van der Waals surface area contributed by atoms with Gasteiger partial charge in [-0.2, -0.15) is 4.98 Å². The molecule has 116 valence electrons. The number of aromatic nitrogens is 2. The van der Waals surface area contributed by atoms with Crippen LogP contribution in [-0.2, 0) is 16.0 Å². The maximum Gasteiger partial charge on any atom is 0.345 e. The van der Waals surface area contributed by atoms with Crippen LogP contribution in [0.4, 0.5) is 0 Å². The number of carboxylic acids is 1. The molecule has 0 aliphatic rings. The first-order valence-electron chi connectivity index (χ1n) is 6.80. The Balaban J connectivity index is 2.92. The summed E-state index contributed by atoms with van der Waals surface area (Å²) < 4.78 is 0. The molecule has 0 saturated heterocycles. The van der Waals surface area contributed by atoms with Crippen LogP contribution in [0.3, 0.4) is 0 Å². The molecular formula is C14H21N3O4. The molecule has 0 aromatic carbocycles. The van der Waals surface area contributed by atoms with Gasteiger partial charge in [0, 0.05) is 17.0 Å². The van der Waals surface area contributed by atoms with Crippen molar-refractivity contribution in [2.45, 2.75) is 52.5 Å². The summed E-state index contributed by atoms with van der Waals surface area (Å²) in [7, 11) is 0. The van der Waals surface area contributed by atoms with E-state index in [0.717, 1.165) is 0 Å². The number of carboxylic acid groups (broad SMARTS) is 1. The first-order valence-corrected chi connectivity index (χ1v) is 6.80. The Kier molecular flexibility index (Phi) is 5.23. The molecule has 0 aliphatic carbocycles. The number of rotatable bonds is 6. The summed E-state index contributed by atoms with van der Waals surface area (Å²) in [6.07, 6.45) is 0.964. The predicted octanol–water partition coefficient (Wildman–Crippen LogP) is 0.689. The van der Waals surface area contributed by atoms with Gasteiger partial charge < -0.3 is 15.4 Å². The Morgan fingerprint density at radius 2 is 2.00 bits per heavy atom. The Morgan fingerprint density at radius 1 is 1.38 bits per heavy atom. The van der Waals surface area contributed by atoms with E-state index in [9.17, 15) is 19.5 Å². The molecule has 0 fully saturated rings. The molecule has 0 saturated carbocycles. The van der Waals surface area contributed by atoms with E-state index in [2.05, 4.69) is 15.3 Å². The first kappa shape index (κ1) is 16.9. The van der Waals surface area contributed by atoms with Crippen LogP contribution in [0.1, 0.15) is 43.6 Å². The Labute approximate surface area is 122 Å². The molecular weight excluding hydrogens is 274 g/mol. The zero-order valence-electron chi connectivity index (χ0n) is 12.7. The van der Waals surface area contributed by atoms with Crippen LogP contribution in [0.2, 0.25) is 0 Å². The summed E-state index contributed by atoms with van der Waals surface area (Å²) in [6.45, 7) is 6.67. The lowest BCUT2D eigenvalue weighted by atomic mass is 9.95. The number of nitrogens with zero attached hydrogens (tertiary/aromatic N) is 1. The van der Waals surface area contributed by atoms with Crippen molar-refractivity contribution >= 4 is 11.9 Å². The molecule has 1 heterocycles. The topological polar surface area (TPSA) is 112 Å². The van der Waals surface area contributed by atoms with E-state index in [1.54, 1.807) is 13.8 Å². The van der Waals surface area contributed by atoms with Gasteiger partial charge in [-0.1, -0.05) is 13.3 Å². The maximum absolute atomic E-state index is 12.1. The predicted molar refractivity (Wildman–Crippen MR) is 77.1 cm³/mol. The van der Waals surface area contributed by atoms with Gasteiger partial charge in [0.2, 0.25) is 5.91 Å². The van der Waals surface area contributed by atoms with E-state index in [4.69, 9.17) is 0 Å². The SMILES string of the molecule is CCCC(C)(NC(=O)Cc1c(C)nc(=O)[nH]c1C)C(=O)O. The van der Waals surface area contributed by atoms with Crippen LogP contribution in [0.15, 0.2) is 4.79 Å². The van der Waals surface area contributed by atoms with Crippen LogP contribution >= 0.6 is 0 Å². The summed E-state index contributed by atoms with van der Waals surface area (Å²) in [5, 5.41) is 11.8. The average molecular weight is 295 g/mol. The van der Waals surface area contributed by atoms with Gasteiger partial charge >= 0.3 is 11.7 Å². The minimum absolute atomic E-state index is 0.0198. The minimum atomic E-state index is -1.29. The number of aromatic amines is 1. The van der Waals surface area contributed by atoms with Gasteiger partial charge in [-0.25, -0.2) is 9.59 Å². The number of carbonyl (C=O) groups is 2. The fourth-order valence-electron chi connectivity index (χ4n) is 2.25. The zero-order chi connectivity index (χ0) is 16.2. The highest BCUT2D eigenvalue weighted by Crippen LogP contribution is 2.14. The number of nitrogens with one attached hydrogen (secondary N) is 2. The van der Waals surface area contributed by atoms with Gasteiger partial charge in [-0.15, -0.1) is 0 Å². The fraction of sp³-hybridized carbons (Fsp3) is 0.571. The highest BCUT2D eigenvalue weighted by atomic mass is 16.4. The van der Waals surface area contributed by atoms with Crippen LogP contribution in [-0.4, -0.2) is 32.5 Å². The van der Waals surface area contributed by atoms with Gasteiger partial charge in [0.1, 0.15) is 5.54 Å². The molecule has 7 nitrogen and oxygen atoms in total. The van der Waals surface area contributed by atoms with Crippen molar-refractivity contribution in [1.29, 1.82) is 0 Å². The number of hydrogen-bond acceptors (Lipinski definition) is 4. The molecule has 1 amide bonds. The van der Waals surface area contributed by atoms with Gasteiger partial charge in [0.15, 0.2) is 0 Å². The summed E-state index contributed by atoms with van der Waals surface area (Å²) in [5.41, 5.74) is -0.107. The monoisotopic (exact) mass is 295 g/mol. The summed E-state index contributed by atoms with van der Waals surface area (Å²) >= 11 is 0. The number of H-pyrrole nitrogens is 1. The quantitative estimate of drug-likeness (QED) is 0.714. The third kappa shape index (κ3) is 4.14. The molecule has 0 spiro atoms. The van der Waals surface area contributed by atoms with Crippen LogP contribution in [0, 0.1) is 13.8 Å². The number of amides is 1. The summed E-state index contributed by atoms with van der Waals surface area (Å²) in [5.74, 6) is -1.47. The third-order valence-electron chi connectivity index (χ3n) is 3.43. The molecule has 0 aliphatic heterocycles. The molecule has 21 heavy (non-hydrogen) atoms. The van der Waals surface area contributed by atoms with Crippen molar-refractivity contribution in [3.05, 3.63) is 27.4 Å². The van der Waals surface area contributed by atoms with E-state index in [1.165, 1.54) is 6.92 Å². The normalized spacial score (nSPS) is 13.5. The first-order chi connectivity index (χ1) is 9.69. The maximum atomic E-state index is 12.1. The van der Waals surface area contributed by atoms with Crippen LogP contribution in [0.25, 0.3) is 0 Å². The van der Waals surface area contributed by atoms with Crippen molar-refractivity contribution in [1.82, 2.24) is 15.3 Å². The van der Waals surface area contributed by atoms with E-state index >= 15 is 0 Å². The average Bonchev–Trinajstić information content (AvgIpc) is 2.33. The number of aryl methyl sites for hydroxylation is 2. The second-order valence-electron chi connectivity index (χ2n) is 5.34. The molecule has 7 heteroatoms. The second kappa shape index (κ2) is 6.51. The molecule has 3 N–H and O–H groups in total. The van der Waals surface area contributed by atoms with E-state index < -0.39 is 23.1 Å². The molecule has 0 radical (unpaired) electrons. The standard InChI is InChI=1S/C14H21N3O4/c1-5-6-14(4,12(19)20)17-11(18)7-10-8(2)15-13(21)16-9(10)3/h5-7H2,1-4H3,(H,17,18)(H,19,20)(H,15,16,21). The van der Waals surface area contributed by atoms with Gasteiger partial charge in [-0.3, -0.25) is 4.79 Å². The number of carbonyl (C=O) groups excluding carboxylic acids is 1. The van der Waals surface area contributed by atoms with Gasteiger partial charge in [0.25, 0.3) is 0 Å². The van der Waals surface area contributed by atoms with Gasteiger partial charge in [0.05, 0.1) is 6.42 Å². The molecule has 1 aromatic heterocycles. The summed E-state index contributed by atoms with van der Waals surface area (Å²) in [6, 6.07) is 0. The Hall–Kier alpha value is -2.18. The van der Waals surface area contributed by atoms with E-state index in [1.807, 2.05) is 6.92 Å². The van der Waals surface area contributed by atoms with E-state index in [0.29, 0.717) is 29.8 Å². The summed E-state index contributed by atoms with van der Waals surface area (Å²) in [4.78, 5) is 40.9. The molecule has 0 bridgehead atoms. The fourth-order valence-corrected chi connectivity index (χ4v) is 2.25. The van der Waals surface area contributed by atoms with Crippen LogP contribution in [0.5, 0.6) is 0 Å². The van der Waals surface area contributed by atoms with Gasteiger partial charge in [-0.05, 0) is 27.2 Å². The Morgan fingerprint density at radius 3 is 2.48 bits per heavy atom. The molecule has 1 unspecified atom stereocenters. The number of hydrogen-bond donors (Lipinski definition) is 3. The smallest absolute Gasteiger partial charge is 0.345 e. The highest BCUT2D eigenvalue weighted by molar-refractivity contribution is 5.87. The van der Waals surface area contributed by atoms with Crippen molar-refractivity contribution in [3.8, 4) is 0 Å². The van der Waals surface area contributed by atoms with E-state index in [-0.39, 0.29) is 6.42 Å². The lowest BCUT2D eigenvalue weighted by molar-refractivity contribution is -0.147.